The Morgan fingerprint density at radius 1 is 1.50 bits per heavy atom. The number of benzene rings is 1. The number of hydrogen-bond donors (Lipinski definition) is 1. The van der Waals surface area contributed by atoms with E-state index in [9.17, 15) is 4.39 Å². The highest BCUT2D eigenvalue weighted by Crippen LogP contribution is 2.48. The number of nitrogens with zero attached hydrogens (tertiary/aromatic N) is 1. The Morgan fingerprint density at radius 3 is 2.88 bits per heavy atom. The Balaban J connectivity index is 2.00. The van der Waals surface area contributed by atoms with Crippen molar-refractivity contribution in [3.05, 3.63) is 29.6 Å². The zero-order chi connectivity index (χ0) is 11.6. The summed E-state index contributed by atoms with van der Waals surface area (Å²) >= 11 is 0. The fourth-order valence-corrected chi connectivity index (χ4v) is 1.83. The molecule has 3 heteroatoms. The Kier molecular flexibility index (Phi) is 2.82. The van der Waals surface area contributed by atoms with Gasteiger partial charge < -0.3 is 5.32 Å². The van der Waals surface area contributed by atoms with Crippen molar-refractivity contribution in [1.82, 2.24) is 0 Å². The normalized spacial score (nSPS) is 16.6. The van der Waals surface area contributed by atoms with Crippen LogP contribution in [0.4, 0.5) is 10.1 Å². The average Bonchev–Trinajstić information content (AvgIpc) is 3.01. The predicted octanol–water partition coefficient (Wildman–Crippen LogP) is 3.24. The zero-order valence-electron chi connectivity index (χ0n) is 9.39. The maximum atomic E-state index is 13.0. The second kappa shape index (κ2) is 4.13. The fourth-order valence-electron chi connectivity index (χ4n) is 1.83. The van der Waals surface area contributed by atoms with E-state index in [0.29, 0.717) is 6.42 Å². The van der Waals surface area contributed by atoms with Gasteiger partial charge in [-0.05, 0) is 37.5 Å². The molecule has 0 bridgehead atoms. The summed E-state index contributed by atoms with van der Waals surface area (Å²) in [7, 11) is 0. The van der Waals surface area contributed by atoms with Crippen LogP contribution < -0.4 is 5.32 Å². The van der Waals surface area contributed by atoms with E-state index in [0.717, 1.165) is 30.6 Å². The molecule has 0 saturated heterocycles. The predicted molar refractivity (Wildman–Crippen MR) is 61.5 cm³/mol. The van der Waals surface area contributed by atoms with E-state index in [1.165, 1.54) is 12.1 Å². The number of anilines is 1. The van der Waals surface area contributed by atoms with Crippen LogP contribution >= 0.6 is 0 Å². The summed E-state index contributed by atoms with van der Waals surface area (Å²) in [4.78, 5) is 0. The van der Waals surface area contributed by atoms with E-state index in [4.69, 9.17) is 5.26 Å². The number of hydrogen-bond acceptors (Lipinski definition) is 2. The fraction of sp³-hybridized carbons (Fsp3) is 0.462. The lowest BCUT2D eigenvalue weighted by atomic mass is 10.0. The third-order valence-electron chi connectivity index (χ3n) is 3.26. The first-order valence-electron chi connectivity index (χ1n) is 5.52. The number of nitrogens with one attached hydrogen (secondary N) is 1. The van der Waals surface area contributed by atoms with Gasteiger partial charge in [-0.1, -0.05) is 6.07 Å². The minimum absolute atomic E-state index is 0.146. The third kappa shape index (κ3) is 2.33. The smallest absolute Gasteiger partial charge is 0.125 e. The van der Waals surface area contributed by atoms with Crippen molar-refractivity contribution in [2.45, 2.75) is 26.2 Å². The molecule has 0 radical (unpaired) electrons. The number of nitriles is 1. The van der Waals surface area contributed by atoms with Gasteiger partial charge in [-0.25, -0.2) is 4.39 Å². The Labute approximate surface area is 95.1 Å². The molecule has 0 heterocycles. The van der Waals surface area contributed by atoms with Gasteiger partial charge in [0.15, 0.2) is 0 Å². The van der Waals surface area contributed by atoms with Crippen LogP contribution in [0.15, 0.2) is 18.2 Å². The van der Waals surface area contributed by atoms with E-state index in [1.807, 2.05) is 6.92 Å². The highest BCUT2D eigenvalue weighted by atomic mass is 19.1. The highest BCUT2D eigenvalue weighted by molar-refractivity contribution is 5.51. The summed E-state index contributed by atoms with van der Waals surface area (Å²) < 4.78 is 13.0. The molecule has 0 atom stereocenters. The molecule has 1 aliphatic carbocycles. The van der Waals surface area contributed by atoms with Gasteiger partial charge in [-0.2, -0.15) is 5.26 Å². The molecule has 1 fully saturated rings. The second-order valence-corrected chi connectivity index (χ2v) is 4.65. The molecular formula is C13H15FN2. The summed E-state index contributed by atoms with van der Waals surface area (Å²) in [5, 5.41) is 12.0. The van der Waals surface area contributed by atoms with Crippen molar-refractivity contribution in [2.24, 2.45) is 5.41 Å². The SMILES string of the molecule is Cc1ccc(F)cc1NCC1(CC#N)CC1. The molecule has 0 aromatic heterocycles. The van der Waals surface area contributed by atoms with Crippen LogP contribution in [-0.2, 0) is 0 Å². The zero-order valence-corrected chi connectivity index (χ0v) is 9.39. The summed E-state index contributed by atoms with van der Waals surface area (Å²) in [5.74, 6) is -0.224. The number of rotatable bonds is 4. The van der Waals surface area contributed by atoms with E-state index in [-0.39, 0.29) is 11.2 Å². The average molecular weight is 218 g/mol. The van der Waals surface area contributed by atoms with Crippen LogP contribution in [0.1, 0.15) is 24.8 Å². The molecule has 16 heavy (non-hydrogen) atoms. The van der Waals surface area contributed by atoms with Crippen molar-refractivity contribution in [3.8, 4) is 6.07 Å². The largest absolute Gasteiger partial charge is 0.384 e. The second-order valence-electron chi connectivity index (χ2n) is 4.65. The maximum absolute atomic E-state index is 13.0. The first kappa shape index (κ1) is 10.9. The summed E-state index contributed by atoms with van der Waals surface area (Å²) in [6.45, 7) is 2.72. The molecule has 84 valence electrons. The van der Waals surface area contributed by atoms with Crippen LogP contribution in [-0.4, -0.2) is 6.54 Å². The molecule has 1 aliphatic rings. The lowest BCUT2D eigenvalue weighted by Gasteiger charge is -2.15. The number of halogens is 1. The van der Waals surface area contributed by atoms with Gasteiger partial charge in [0.05, 0.1) is 6.07 Å². The highest BCUT2D eigenvalue weighted by Gasteiger charge is 2.42. The molecule has 2 nitrogen and oxygen atoms in total. The quantitative estimate of drug-likeness (QED) is 0.842. The van der Waals surface area contributed by atoms with Gasteiger partial charge in [0.1, 0.15) is 5.82 Å². The lowest BCUT2D eigenvalue weighted by molar-refractivity contribution is 0.556. The van der Waals surface area contributed by atoms with Crippen LogP contribution in [0.3, 0.4) is 0 Å². The van der Waals surface area contributed by atoms with Crippen molar-refractivity contribution < 1.29 is 4.39 Å². The topological polar surface area (TPSA) is 35.8 Å². The van der Waals surface area contributed by atoms with E-state index in [2.05, 4.69) is 11.4 Å². The Hall–Kier alpha value is -1.56. The van der Waals surface area contributed by atoms with Gasteiger partial charge in [-0.3, -0.25) is 0 Å². The molecule has 1 N–H and O–H groups in total. The van der Waals surface area contributed by atoms with Crippen LogP contribution in [0, 0.1) is 29.5 Å². The molecular weight excluding hydrogens is 203 g/mol. The van der Waals surface area contributed by atoms with E-state index >= 15 is 0 Å². The lowest BCUT2D eigenvalue weighted by Crippen LogP contribution is -2.15. The molecule has 1 aromatic rings. The number of aryl methyl sites for hydroxylation is 1. The van der Waals surface area contributed by atoms with Crippen LogP contribution in [0.5, 0.6) is 0 Å². The van der Waals surface area contributed by atoms with Gasteiger partial charge in [0.2, 0.25) is 0 Å². The molecule has 1 saturated carbocycles. The van der Waals surface area contributed by atoms with E-state index < -0.39 is 0 Å². The van der Waals surface area contributed by atoms with Crippen molar-refractivity contribution >= 4 is 5.69 Å². The standard InChI is InChI=1S/C13H15FN2/c1-10-2-3-11(14)8-12(10)16-9-13(4-5-13)6-7-15/h2-3,8,16H,4-6,9H2,1H3. The molecule has 0 amide bonds. The van der Waals surface area contributed by atoms with Gasteiger partial charge in [0.25, 0.3) is 0 Å². The summed E-state index contributed by atoms with van der Waals surface area (Å²) in [6, 6.07) is 6.96. The molecule has 0 spiro atoms. The minimum atomic E-state index is -0.224. The monoisotopic (exact) mass is 218 g/mol. The first-order valence-corrected chi connectivity index (χ1v) is 5.52. The molecule has 2 rings (SSSR count). The van der Waals surface area contributed by atoms with Gasteiger partial charge in [0, 0.05) is 24.1 Å². The van der Waals surface area contributed by atoms with Crippen molar-refractivity contribution in [3.63, 3.8) is 0 Å². The minimum Gasteiger partial charge on any atom is -0.384 e. The van der Waals surface area contributed by atoms with Gasteiger partial charge >= 0.3 is 0 Å². The van der Waals surface area contributed by atoms with Crippen LogP contribution in [0.25, 0.3) is 0 Å². The van der Waals surface area contributed by atoms with E-state index in [1.54, 1.807) is 6.07 Å². The molecule has 0 unspecified atom stereocenters. The Morgan fingerprint density at radius 2 is 2.25 bits per heavy atom. The molecule has 0 aliphatic heterocycles. The van der Waals surface area contributed by atoms with Crippen molar-refractivity contribution in [2.75, 3.05) is 11.9 Å². The van der Waals surface area contributed by atoms with Crippen molar-refractivity contribution in [1.29, 1.82) is 5.26 Å². The first-order chi connectivity index (χ1) is 7.65. The Bertz CT molecular complexity index is 430. The summed E-state index contributed by atoms with van der Waals surface area (Å²) in [6.07, 6.45) is 2.79. The molecule has 1 aromatic carbocycles. The third-order valence-corrected chi connectivity index (χ3v) is 3.26. The summed E-state index contributed by atoms with van der Waals surface area (Å²) in [5.41, 5.74) is 2.02. The van der Waals surface area contributed by atoms with Crippen LogP contribution in [0.2, 0.25) is 0 Å². The van der Waals surface area contributed by atoms with Gasteiger partial charge in [-0.15, -0.1) is 0 Å². The maximum Gasteiger partial charge on any atom is 0.125 e.